The van der Waals surface area contributed by atoms with Crippen molar-refractivity contribution in [1.82, 2.24) is 0 Å². The first-order chi connectivity index (χ1) is 43.1. The van der Waals surface area contributed by atoms with Crippen molar-refractivity contribution in [1.29, 1.82) is 0 Å². The summed E-state index contributed by atoms with van der Waals surface area (Å²) in [6.45, 7) is 16.0. The molecule has 10 aliphatic rings. The first kappa shape index (κ1) is 71.9. The number of hydrogen-bond acceptors (Lipinski definition) is 29. The van der Waals surface area contributed by atoms with E-state index in [0.29, 0.717) is 38.5 Å². The van der Waals surface area contributed by atoms with Crippen LogP contribution in [0.1, 0.15) is 113 Å². The molecule has 92 heavy (non-hydrogen) atoms. The van der Waals surface area contributed by atoms with Crippen LogP contribution in [0.4, 0.5) is 0 Å². The minimum absolute atomic E-state index is 0.0313. The van der Waals surface area contributed by atoms with Gasteiger partial charge in [-0.3, -0.25) is 18.9 Å². The highest BCUT2D eigenvalue weighted by molar-refractivity contribution is 7.80. The number of rotatable bonds is 20. The zero-order chi connectivity index (χ0) is 67.3. The molecule has 6 saturated heterocycles. The van der Waals surface area contributed by atoms with E-state index in [1.165, 1.54) is 6.92 Å². The fourth-order valence-electron chi connectivity index (χ4n) is 17.4. The predicted octanol–water partition coefficient (Wildman–Crippen LogP) is -1.35. The second kappa shape index (κ2) is 27.1. The zero-order valence-electron chi connectivity index (χ0n) is 53.1. The summed E-state index contributed by atoms with van der Waals surface area (Å²) in [6, 6.07) is 0. The van der Waals surface area contributed by atoms with Crippen LogP contribution in [0, 0.1) is 39.4 Å². The molecule has 0 aromatic carbocycles. The zero-order valence-corrected chi connectivity index (χ0v) is 54.0. The van der Waals surface area contributed by atoms with Gasteiger partial charge in [-0.2, -0.15) is 8.42 Å². The molecule has 0 aromatic rings. The number of aliphatic hydroxyl groups is 10. The molecule has 1 spiro atoms. The van der Waals surface area contributed by atoms with Gasteiger partial charge >= 0.3 is 22.3 Å². The van der Waals surface area contributed by atoms with E-state index in [9.17, 15) is 78.4 Å². The molecular weight excluding hydrogens is 1240 g/mol. The van der Waals surface area contributed by atoms with E-state index < -0.39 is 223 Å². The van der Waals surface area contributed by atoms with Crippen molar-refractivity contribution in [3.8, 4) is 0 Å². The quantitative estimate of drug-likeness (QED) is 0.0381. The minimum Gasteiger partial charge on any atom is -0.463 e. The Hall–Kier alpha value is -2.88. The largest absolute Gasteiger partial charge is 0.463 e. The van der Waals surface area contributed by atoms with Crippen LogP contribution in [0.3, 0.4) is 0 Å². The van der Waals surface area contributed by atoms with Gasteiger partial charge < -0.3 is 113 Å². The van der Waals surface area contributed by atoms with Crippen molar-refractivity contribution in [3.63, 3.8) is 0 Å². The van der Waals surface area contributed by atoms with Crippen LogP contribution in [0.2, 0.25) is 0 Å². The molecule has 0 amide bonds. The molecule has 4 aliphatic carbocycles. The molecule has 524 valence electrons. The third-order valence-corrected chi connectivity index (χ3v) is 22.6. The molecule has 9 fully saturated rings. The Balaban J connectivity index is 0.905. The highest BCUT2D eigenvalue weighted by Gasteiger charge is 2.79. The molecular formula is C61H94O30S. The number of carbonyl (C=O) groups is 3. The third kappa shape index (κ3) is 12.9. The van der Waals surface area contributed by atoms with Crippen LogP contribution in [0.15, 0.2) is 23.8 Å². The Morgan fingerprint density at radius 3 is 1.98 bits per heavy atom. The van der Waals surface area contributed by atoms with Gasteiger partial charge in [0.2, 0.25) is 0 Å². The van der Waals surface area contributed by atoms with Gasteiger partial charge in [0.25, 0.3) is 0 Å². The summed E-state index contributed by atoms with van der Waals surface area (Å²) in [5, 5.41) is 113. The summed E-state index contributed by atoms with van der Waals surface area (Å²) in [4.78, 5) is 40.6. The highest BCUT2D eigenvalue weighted by Crippen LogP contribution is 2.75. The number of aliphatic hydroxyl groups excluding tert-OH is 10. The van der Waals surface area contributed by atoms with Gasteiger partial charge in [-0.1, -0.05) is 44.9 Å². The average Bonchev–Trinajstić information content (AvgIpc) is 1.46. The number of hydrogen-bond donors (Lipinski definition) is 11. The van der Waals surface area contributed by atoms with Gasteiger partial charge in [-0.25, -0.2) is 4.18 Å². The van der Waals surface area contributed by atoms with Gasteiger partial charge in [0.1, 0.15) is 122 Å². The maximum Gasteiger partial charge on any atom is 0.397 e. The van der Waals surface area contributed by atoms with Gasteiger partial charge in [0.15, 0.2) is 31.5 Å². The lowest BCUT2D eigenvalue weighted by molar-refractivity contribution is -0.403. The molecule has 6 aliphatic heterocycles. The Morgan fingerprint density at radius 2 is 1.33 bits per heavy atom. The van der Waals surface area contributed by atoms with E-state index >= 15 is 0 Å². The fourth-order valence-corrected chi connectivity index (χ4v) is 17.9. The van der Waals surface area contributed by atoms with E-state index in [1.807, 2.05) is 27.7 Å². The van der Waals surface area contributed by atoms with Crippen LogP contribution < -0.4 is 0 Å². The number of carbonyl (C=O) groups excluding carboxylic acids is 3. The van der Waals surface area contributed by atoms with E-state index in [1.54, 1.807) is 0 Å². The minimum atomic E-state index is -5.28. The van der Waals surface area contributed by atoms with Crippen LogP contribution >= 0.6 is 0 Å². The van der Waals surface area contributed by atoms with Crippen molar-refractivity contribution in [2.45, 2.75) is 266 Å². The van der Waals surface area contributed by atoms with Gasteiger partial charge in [0.05, 0.1) is 43.4 Å². The van der Waals surface area contributed by atoms with E-state index in [0.717, 1.165) is 38.0 Å². The van der Waals surface area contributed by atoms with Crippen molar-refractivity contribution in [2.24, 2.45) is 39.4 Å². The molecule has 31 atom stereocenters. The van der Waals surface area contributed by atoms with Crippen molar-refractivity contribution < 1.29 is 144 Å². The number of Topliss-reactive ketones (excluding diaryl/α,β-unsaturated/α-hetero) is 1. The first-order valence-electron chi connectivity index (χ1n) is 31.7. The molecule has 0 radical (unpaired) electrons. The van der Waals surface area contributed by atoms with Crippen LogP contribution in [-0.4, -0.2) is 268 Å². The summed E-state index contributed by atoms with van der Waals surface area (Å²) in [5.74, 6) is -1.74. The van der Waals surface area contributed by atoms with Crippen LogP contribution in [0.25, 0.3) is 0 Å². The number of fused-ring (bicyclic) bond motifs is 4. The fraction of sp³-hybridized carbons (Fsp3) is 0.885. The molecule has 31 heteroatoms. The van der Waals surface area contributed by atoms with E-state index in [-0.39, 0.29) is 30.0 Å². The number of cyclic esters (lactones) is 1. The lowest BCUT2D eigenvalue weighted by Crippen LogP contribution is -2.68. The maximum atomic E-state index is 14.5. The topological polar surface area (TPSA) is 437 Å². The molecule has 6 heterocycles. The lowest BCUT2D eigenvalue weighted by Gasteiger charge is -2.63. The number of ketones is 1. The third-order valence-electron chi connectivity index (χ3n) is 22.1. The van der Waals surface area contributed by atoms with Crippen LogP contribution in [-0.2, 0) is 90.5 Å². The number of methoxy groups -OCH3 is 1. The molecule has 30 nitrogen and oxygen atoms in total. The molecule has 0 aromatic heterocycles. The Kier molecular flexibility index (Phi) is 21.2. The Morgan fingerprint density at radius 1 is 0.707 bits per heavy atom. The Labute approximate surface area is 533 Å². The molecule has 10 rings (SSSR count). The molecule has 11 N–H and O–H groups in total. The highest BCUT2D eigenvalue weighted by atomic mass is 32.3. The summed E-state index contributed by atoms with van der Waals surface area (Å²) in [5.41, 5.74) is -1.78. The molecule has 29 unspecified atom stereocenters. The smallest absolute Gasteiger partial charge is 0.397 e. The average molecular weight is 1340 g/mol. The predicted molar refractivity (Wildman–Crippen MR) is 307 cm³/mol. The lowest BCUT2D eigenvalue weighted by atomic mass is 9.41. The van der Waals surface area contributed by atoms with Gasteiger partial charge in [-0.05, 0) is 94.8 Å². The summed E-state index contributed by atoms with van der Waals surface area (Å²) in [7, 11) is -4.12. The number of allylic oxidation sites excluding steroid dienone is 3. The molecule has 3 saturated carbocycles. The van der Waals surface area contributed by atoms with E-state index in [2.05, 4.69) is 26.5 Å². The first-order valence-corrected chi connectivity index (χ1v) is 33.1. The Bertz CT molecular complexity index is 2830. The van der Waals surface area contributed by atoms with Crippen molar-refractivity contribution >= 4 is 28.1 Å². The van der Waals surface area contributed by atoms with E-state index in [4.69, 9.17) is 65.8 Å². The normalized spacial score (nSPS) is 49.3. The second-order valence-electron chi connectivity index (χ2n) is 28.3. The summed E-state index contributed by atoms with van der Waals surface area (Å²) in [6.07, 6.45) is -34.9. The monoisotopic (exact) mass is 1340 g/mol. The van der Waals surface area contributed by atoms with Crippen molar-refractivity contribution in [3.05, 3.63) is 23.8 Å². The van der Waals surface area contributed by atoms with Gasteiger partial charge in [0, 0.05) is 25.9 Å². The van der Waals surface area contributed by atoms with Crippen LogP contribution in [0.5, 0.6) is 0 Å². The SMILES string of the molecule is C=C(C)CCC[C@]1(C)OC(=O)C23CCC4C(=CCC5C(C)(C)C(OC6OCC(OS(=O)(=O)O)C(O)C6OC6OC(C)C(OC7OC(CO)C(O)C(OC8OC(COC(C)=O)C(O)C(OC)C8O)C7O)C(O)C6OC6OCC(O)C(O)C6O)CCC45C)[C@]2(C)CC(=O)C31. The number of ether oxygens (including phenoxy) is 13. The number of esters is 2. The summed E-state index contributed by atoms with van der Waals surface area (Å²) < 4.78 is 117. The van der Waals surface area contributed by atoms with Gasteiger partial charge in [-0.15, -0.1) is 6.58 Å². The maximum absolute atomic E-state index is 14.5. The van der Waals surface area contributed by atoms with Crippen molar-refractivity contribution in [2.75, 3.05) is 33.5 Å². The summed E-state index contributed by atoms with van der Waals surface area (Å²) >= 11 is 0. The second-order valence-corrected chi connectivity index (χ2v) is 29.3. The molecule has 0 bridgehead atoms. The standard InChI is InChI=1S/C61H94O30S/c1-25(2)12-11-17-60(9)50-30(64)20-59(8)29-13-14-35-57(5,6)36(16-18-58(35,7)28(29)15-19-61(50,59)56(74)90-60)85-54-48(40(69)34(24-81-54)91-92(75,76)77)89-55-49(88-51-41(70)37(66)31(65)22-80-51)42(71)45(26(3)82-55)86-53-44(73)47(38(67)32(21-62)83-53)87-52-43(72)46(78-10)39(68)33(84-52)23-79-27(4)63/h13,26,28,31-55,62,65-73H,1,11-12,14-24H2,2-10H3,(H,75,76,77)/t26?,28?,31?,32?,33?,34?,35?,36?,37?,38?,39?,40?,41?,42?,43?,44?,45?,46?,47?,48?,49?,50?,51?,52?,53?,54?,55?,58?,59-,60-,61?/m0/s1.